The Morgan fingerprint density at radius 2 is 1.93 bits per heavy atom. The van der Waals surface area contributed by atoms with Crippen molar-refractivity contribution in [1.82, 2.24) is 0 Å². The van der Waals surface area contributed by atoms with E-state index in [1.165, 1.54) is 6.07 Å². The van der Waals surface area contributed by atoms with Crippen LogP contribution in [0.3, 0.4) is 0 Å². The van der Waals surface area contributed by atoms with Crippen molar-refractivity contribution < 1.29 is 27.8 Å². The molecule has 0 spiro atoms. The molecule has 0 fully saturated rings. The minimum Gasteiger partial charge on any atom is -0.478 e. The van der Waals surface area contributed by atoms with Crippen LogP contribution in [0.5, 0.6) is 11.5 Å². The fourth-order valence-electron chi connectivity index (χ4n) is 2.36. The molecular weight excluding hydrogens is 424 g/mol. The summed E-state index contributed by atoms with van der Waals surface area (Å²) in [4.78, 5) is 11.5. The summed E-state index contributed by atoms with van der Waals surface area (Å²) < 4.78 is 43.8. The number of hydrogen-bond acceptors (Lipinski definition) is 3. The highest BCUT2D eigenvalue weighted by molar-refractivity contribution is 7.99. The van der Waals surface area contributed by atoms with Crippen molar-refractivity contribution in [3.8, 4) is 11.5 Å². The Morgan fingerprint density at radius 1 is 1.26 bits per heavy atom. The van der Waals surface area contributed by atoms with Crippen LogP contribution in [0.2, 0.25) is 10.0 Å². The van der Waals surface area contributed by atoms with E-state index in [-0.39, 0.29) is 32.4 Å². The second-order valence-corrected chi connectivity index (χ2v) is 7.92. The zero-order chi connectivity index (χ0) is 20.4. The first-order chi connectivity index (χ1) is 12.5. The monoisotopic (exact) mass is 438 g/mol. The van der Waals surface area contributed by atoms with Gasteiger partial charge in [0, 0.05) is 5.25 Å². The highest BCUT2D eigenvalue weighted by Gasteiger charge is 2.31. The van der Waals surface area contributed by atoms with Gasteiger partial charge in [0.1, 0.15) is 11.5 Å². The summed E-state index contributed by atoms with van der Waals surface area (Å²) in [5.41, 5.74) is -0.506. The number of benzene rings is 2. The zero-order valence-electron chi connectivity index (χ0n) is 14.2. The number of ether oxygens (including phenoxy) is 1. The van der Waals surface area contributed by atoms with Gasteiger partial charge in [-0.2, -0.15) is 24.9 Å². The van der Waals surface area contributed by atoms with E-state index in [4.69, 9.17) is 27.9 Å². The molecule has 2 rings (SSSR count). The predicted octanol–water partition coefficient (Wildman–Crippen LogP) is 7.32. The Morgan fingerprint density at radius 3 is 2.44 bits per heavy atom. The van der Waals surface area contributed by atoms with Crippen molar-refractivity contribution in [2.24, 2.45) is 0 Å². The third-order valence-electron chi connectivity index (χ3n) is 3.65. The van der Waals surface area contributed by atoms with E-state index < -0.39 is 17.7 Å². The molecule has 1 atom stereocenters. The lowest BCUT2D eigenvalue weighted by molar-refractivity contribution is -0.137. The third kappa shape index (κ3) is 5.24. The average molecular weight is 439 g/mol. The molecule has 0 aliphatic heterocycles. The average Bonchev–Trinajstić information content (AvgIpc) is 2.56. The van der Waals surface area contributed by atoms with Gasteiger partial charge in [-0.15, -0.1) is 0 Å². The Kier molecular flexibility index (Phi) is 6.94. The quantitative estimate of drug-likeness (QED) is 0.513. The van der Waals surface area contributed by atoms with Gasteiger partial charge in [0.2, 0.25) is 0 Å². The summed E-state index contributed by atoms with van der Waals surface area (Å²) in [5.74, 6) is -0.351. The molecule has 0 aromatic heterocycles. The number of carbonyl (C=O) groups is 1. The maximum atomic E-state index is 12.7. The molecule has 0 saturated heterocycles. The summed E-state index contributed by atoms with van der Waals surface area (Å²) in [6.45, 7) is 3.82. The van der Waals surface area contributed by atoms with E-state index >= 15 is 0 Å². The highest BCUT2D eigenvalue weighted by Crippen LogP contribution is 2.40. The van der Waals surface area contributed by atoms with Gasteiger partial charge >= 0.3 is 12.1 Å². The molecule has 1 N–H and O–H groups in total. The van der Waals surface area contributed by atoms with Gasteiger partial charge in [-0.1, -0.05) is 30.1 Å². The Bertz CT molecular complexity index is 856. The molecule has 9 heteroatoms. The SMILES string of the molecule is CCSC(C)c1cc(Oc2ccc(C(F)(F)F)cc2Cl)cc(C(=O)O)c1Cl. The van der Waals surface area contributed by atoms with Gasteiger partial charge in [-0.05, 0) is 48.6 Å². The maximum Gasteiger partial charge on any atom is 0.416 e. The number of aromatic carboxylic acids is 1. The molecule has 3 nitrogen and oxygen atoms in total. The molecule has 0 amide bonds. The van der Waals surface area contributed by atoms with E-state index in [0.29, 0.717) is 5.56 Å². The van der Waals surface area contributed by atoms with Crippen LogP contribution in [0, 0.1) is 0 Å². The van der Waals surface area contributed by atoms with E-state index in [0.717, 1.165) is 24.0 Å². The summed E-state index contributed by atoms with van der Waals surface area (Å²) >= 11 is 13.7. The lowest BCUT2D eigenvalue weighted by Crippen LogP contribution is -2.05. The molecule has 2 aromatic rings. The van der Waals surface area contributed by atoms with Gasteiger partial charge in [0.05, 0.1) is 21.2 Å². The number of carboxylic acids is 1. The van der Waals surface area contributed by atoms with Crippen LogP contribution in [-0.4, -0.2) is 16.8 Å². The van der Waals surface area contributed by atoms with Gasteiger partial charge in [0.15, 0.2) is 0 Å². The summed E-state index contributed by atoms with van der Waals surface area (Å²) in [6.07, 6.45) is -4.53. The molecule has 0 saturated carbocycles. The molecule has 146 valence electrons. The van der Waals surface area contributed by atoms with Gasteiger partial charge in [-0.25, -0.2) is 4.79 Å². The number of alkyl halides is 3. The lowest BCUT2D eigenvalue weighted by Gasteiger charge is -2.17. The first-order valence-corrected chi connectivity index (χ1v) is 9.58. The second-order valence-electron chi connectivity index (χ2n) is 5.52. The first kappa shape index (κ1) is 21.7. The van der Waals surface area contributed by atoms with Gasteiger partial charge < -0.3 is 9.84 Å². The van der Waals surface area contributed by atoms with Crippen molar-refractivity contribution in [3.63, 3.8) is 0 Å². The smallest absolute Gasteiger partial charge is 0.416 e. The number of carboxylic acid groups (broad SMARTS) is 1. The molecule has 0 heterocycles. The van der Waals surface area contributed by atoms with Crippen molar-refractivity contribution in [2.75, 3.05) is 5.75 Å². The van der Waals surface area contributed by atoms with Crippen LogP contribution < -0.4 is 4.74 Å². The molecular formula is C18H15Cl2F3O3S. The predicted molar refractivity (Wildman–Crippen MR) is 101 cm³/mol. The molecule has 27 heavy (non-hydrogen) atoms. The Labute approximate surface area is 168 Å². The Balaban J connectivity index is 2.45. The molecule has 1 unspecified atom stereocenters. The van der Waals surface area contributed by atoms with E-state index in [1.807, 2.05) is 13.8 Å². The van der Waals surface area contributed by atoms with Crippen LogP contribution in [0.15, 0.2) is 30.3 Å². The standard InChI is InChI=1S/C18H15Cl2F3O3S/c1-3-27-9(2)12-7-11(8-13(16(12)20)17(24)25)26-15-5-4-10(6-14(15)19)18(21,22)23/h4-9H,3H2,1-2H3,(H,24,25). The van der Waals surface area contributed by atoms with E-state index in [9.17, 15) is 23.1 Å². The summed E-state index contributed by atoms with van der Waals surface area (Å²) in [5, 5.41) is 9.13. The van der Waals surface area contributed by atoms with Crippen molar-refractivity contribution in [1.29, 1.82) is 0 Å². The molecule has 0 bridgehead atoms. The molecule has 0 aliphatic carbocycles. The van der Waals surface area contributed by atoms with Crippen molar-refractivity contribution >= 4 is 40.9 Å². The number of halogens is 5. The Hall–Kier alpha value is -1.57. The van der Waals surface area contributed by atoms with Crippen LogP contribution in [0.25, 0.3) is 0 Å². The fourth-order valence-corrected chi connectivity index (χ4v) is 3.86. The fraction of sp³-hybridized carbons (Fsp3) is 0.278. The van der Waals surface area contributed by atoms with Crippen LogP contribution in [-0.2, 0) is 6.18 Å². The molecule has 2 aromatic carbocycles. The minimum atomic E-state index is -4.53. The first-order valence-electron chi connectivity index (χ1n) is 7.77. The number of thioether (sulfide) groups is 1. The third-order valence-corrected chi connectivity index (χ3v) is 5.45. The second kappa shape index (κ2) is 8.63. The lowest BCUT2D eigenvalue weighted by atomic mass is 10.1. The topological polar surface area (TPSA) is 46.5 Å². The van der Waals surface area contributed by atoms with Gasteiger partial charge in [0.25, 0.3) is 0 Å². The van der Waals surface area contributed by atoms with Crippen LogP contribution in [0.1, 0.15) is 40.6 Å². The number of rotatable bonds is 6. The summed E-state index contributed by atoms with van der Waals surface area (Å²) in [7, 11) is 0. The highest BCUT2D eigenvalue weighted by atomic mass is 35.5. The van der Waals surface area contributed by atoms with Crippen LogP contribution >= 0.6 is 35.0 Å². The van der Waals surface area contributed by atoms with E-state index in [1.54, 1.807) is 17.8 Å². The largest absolute Gasteiger partial charge is 0.478 e. The number of hydrogen-bond donors (Lipinski definition) is 1. The zero-order valence-corrected chi connectivity index (χ0v) is 16.6. The molecule has 0 radical (unpaired) electrons. The normalized spacial score (nSPS) is 12.7. The summed E-state index contributed by atoms with van der Waals surface area (Å²) in [6, 6.07) is 5.46. The van der Waals surface area contributed by atoms with E-state index in [2.05, 4.69) is 0 Å². The van der Waals surface area contributed by atoms with Crippen molar-refractivity contribution in [2.45, 2.75) is 25.3 Å². The molecule has 0 aliphatic rings. The van der Waals surface area contributed by atoms with Crippen LogP contribution in [0.4, 0.5) is 13.2 Å². The van der Waals surface area contributed by atoms with Crippen molar-refractivity contribution in [3.05, 3.63) is 57.1 Å². The minimum absolute atomic E-state index is 0.0231. The maximum absolute atomic E-state index is 12.7. The van der Waals surface area contributed by atoms with Gasteiger partial charge in [-0.3, -0.25) is 0 Å².